The molecule has 0 saturated heterocycles. The van der Waals surface area contributed by atoms with Crippen molar-refractivity contribution in [1.29, 1.82) is 0 Å². The Hall–Kier alpha value is -3.45. The average Bonchev–Trinajstić information content (AvgIpc) is 3.26. The van der Waals surface area contributed by atoms with Gasteiger partial charge in [0.25, 0.3) is 5.91 Å². The number of nitrogens with zero attached hydrogens (tertiary/aromatic N) is 4. The Labute approximate surface area is 198 Å². The molecule has 1 N–H and O–H groups in total. The number of carbonyl (C=O) groups excluding carboxylic acids is 1. The van der Waals surface area contributed by atoms with Gasteiger partial charge in [0, 0.05) is 41.5 Å². The molecular formula is C26H27N5OS. The van der Waals surface area contributed by atoms with Crippen LogP contribution in [-0.4, -0.2) is 32.2 Å². The van der Waals surface area contributed by atoms with E-state index in [4.69, 9.17) is 0 Å². The van der Waals surface area contributed by atoms with Crippen molar-refractivity contribution in [2.45, 2.75) is 31.7 Å². The van der Waals surface area contributed by atoms with Crippen molar-refractivity contribution in [3.63, 3.8) is 0 Å². The molecule has 7 heteroatoms. The van der Waals surface area contributed by atoms with Crippen LogP contribution in [-0.2, 0) is 5.75 Å². The minimum atomic E-state index is -0.0441. The molecule has 0 aliphatic heterocycles. The number of hydrogen-bond donors (Lipinski definition) is 1. The van der Waals surface area contributed by atoms with Crippen LogP contribution in [0.25, 0.3) is 17.1 Å². The summed E-state index contributed by atoms with van der Waals surface area (Å²) in [5.74, 6) is 1.71. The van der Waals surface area contributed by atoms with Crippen LogP contribution in [0, 0.1) is 12.8 Å². The first-order chi connectivity index (χ1) is 16.0. The van der Waals surface area contributed by atoms with Crippen molar-refractivity contribution in [2.24, 2.45) is 5.92 Å². The van der Waals surface area contributed by atoms with Gasteiger partial charge < -0.3 is 5.32 Å². The Morgan fingerprint density at radius 2 is 1.73 bits per heavy atom. The molecule has 0 bridgehead atoms. The first-order valence-corrected chi connectivity index (χ1v) is 11.9. The van der Waals surface area contributed by atoms with Crippen LogP contribution in [0.1, 0.15) is 35.3 Å². The summed E-state index contributed by atoms with van der Waals surface area (Å²) < 4.78 is 2.06. The second kappa shape index (κ2) is 10.4. The predicted molar refractivity (Wildman–Crippen MR) is 133 cm³/mol. The zero-order chi connectivity index (χ0) is 23.2. The van der Waals surface area contributed by atoms with E-state index in [1.54, 1.807) is 24.2 Å². The van der Waals surface area contributed by atoms with Crippen molar-refractivity contribution in [3.05, 3.63) is 89.7 Å². The summed E-state index contributed by atoms with van der Waals surface area (Å²) in [4.78, 5) is 16.9. The van der Waals surface area contributed by atoms with E-state index in [0.29, 0.717) is 23.8 Å². The number of aryl methyl sites for hydroxylation is 1. The lowest BCUT2D eigenvalue weighted by atomic mass is 10.1. The third-order valence-electron chi connectivity index (χ3n) is 5.15. The number of amides is 1. The molecule has 0 fully saturated rings. The fourth-order valence-electron chi connectivity index (χ4n) is 3.38. The third-order valence-corrected chi connectivity index (χ3v) is 6.13. The predicted octanol–water partition coefficient (Wildman–Crippen LogP) is 5.32. The monoisotopic (exact) mass is 457 g/mol. The fourth-order valence-corrected chi connectivity index (χ4v) is 4.34. The molecule has 0 atom stereocenters. The summed E-state index contributed by atoms with van der Waals surface area (Å²) in [6, 6.07) is 19.9. The third kappa shape index (κ3) is 5.49. The minimum Gasteiger partial charge on any atom is -0.352 e. The maximum atomic E-state index is 12.7. The first-order valence-electron chi connectivity index (χ1n) is 10.9. The molecule has 4 rings (SSSR count). The maximum Gasteiger partial charge on any atom is 0.251 e. The van der Waals surface area contributed by atoms with Gasteiger partial charge in [-0.05, 0) is 48.7 Å². The summed E-state index contributed by atoms with van der Waals surface area (Å²) in [5, 5.41) is 12.8. The van der Waals surface area contributed by atoms with Gasteiger partial charge >= 0.3 is 0 Å². The number of aromatic nitrogens is 4. The first kappa shape index (κ1) is 22.7. The Bertz CT molecular complexity index is 1220. The number of nitrogens with one attached hydrogen (secondary N) is 1. The highest BCUT2D eigenvalue weighted by molar-refractivity contribution is 7.98. The summed E-state index contributed by atoms with van der Waals surface area (Å²) in [6.45, 7) is 6.88. The van der Waals surface area contributed by atoms with Crippen molar-refractivity contribution < 1.29 is 4.79 Å². The van der Waals surface area contributed by atoms with E-state index in [2.05, 4.69) is 70.1 Å². The molecule has 0 unspecified atom stereocenters. The smallest absolute Gasteiger partial charge is 0.251 e. The largest absolute Gasteiger partial charge is 0.352 e. The van der Waals surface area contributed by atoms with Crippen molar-refractivity contribution in [2.75, 3.05) is 6.54 Å². The number of benzene rings is 2. The quantitative estimate of drug-likeness (QED) is 0.363. The van der Waals surface area contributed by atoms with Crippen LogP contribution < -0.4 is 5.32 Å². The highest BCUT2D eigenvalue weighted by Crippen LogP contribution is 2.30. The normalized spacial score (nSPS) is 11.0. The van der Waals surface area contributed by atoms with Crippen molar-refractivity contribution >= 4 is 17.7 Å². The molecule has 0 spiro atoms. The molecule has 0 saturated carbocycles. The number of thioether (sulfide) groups is 1. The SMILES string of the molecule is Cc1ccc(-n2c(SCc3ccccc3C(=O)NCC(C)C)nnc2-c2ccncc2)cc1. The van der Waals surface area contributed by atoms with E-state index in [0.717, 1.165) is 27.8 Å². The molecule has 2 aromatic carbocycles. The van der Waals surface area contributed by atoms with Gasteiger partial charge in [-0.25, -0.2) is 0 Å². The summed E-state index contributed by atoms with van der Waals surface area (Å²) in [5.41, 5.74) is 4.78. The van der Waals surface area contributed by atoms with Crippen LogP contribution in [0.5, 0.6) is 0 Å². The minimum absolute atomic E-state index is 0.0441. The van der Waals surface area contributed by atoms with Crippen LogP contribution in [0.3, 0.4) is 0 Å². The lowest BCUT2D eigenvalue weighted by molar-refractivity contribution is 0.0948. The van der Waals surface area contributed by atoms with Crippen LogP contribution >= 0.6 is 11.8 Å². The van der Waals surface area contributed by atoms with Gasteiger partial charge in [-0.3, -0.25) is 14.3 Å². The van der Waals surface area contributed by atoms with Gasteiger partial charge in [0.2, 0.25) is 0 Å². The molecule has 4 aromatic rings. The molecule has 0 radical (unpaired) electrons. The van der Waals surface area contributed by atoms with Gasteiger partial charge in [-0.2, -0.15) is 0 Å². The van der Waals surface area contributed by atoms with Gasteiger partial charge in [-0.15, -0.1) is 10.2 Å². The maximum absolute atomic E-state index is 12.7. The summed E-state index contributed by atoms with van der Waals surface area (Å²) >= 11 is 1.56. The van der Waals surface area contributed by atoms with Crippen molar-refractivity contribution in [1.82, 2.24) is 25.1 Å². The topological polar surface area (TPSA) is 72.7 Å². The Morgan fingerprint density at radius 3 is 2.45 bits per heavy atom. The van der Waals surface area contributed by atoms with Gasteiger partial charge in [-0.1, -0.05) is 61.5 Å². The molecular weight excluding hydrogens is 430 g/mol. The number of pyridine rings is 1. The number of rotatable bonds is 8. The van der Waals surface area contributed by atoms with Gasteiger partial charge in [0.15, 0.2) is 11.0 Å². The van der Waals surface area contributed by atoms with E-state index >= 15 is 0 Å². The molecule has 168 valence electrons. The second-order valence-electron chi connectivity index (χ2n) is 8.26. The van der Waals surface area contributed by atoms with E-state index in [-0.39, 0.29) is 5.91 Å². The van der Waals surface area contributed by atoms with E-state index in [1.807, 2.05) is 36.4 Å². The van der Waals surface area contributed by atoms with E-state index < -0.39 is 0 Å². The molecule has 1 amide bonds. The Balaban J connectivity index is 1.64. The van der Waals surface area contributed by atoms with Gasteiger partial charge in [0.05, 0.1) is 0 Å². The zero-order valence-corrected chi connectivity index (χ0v) is 19.8. The lowest BCUT2D eigenvalue weighted by Crippen LogP contribution is -2.28. The van der Waals surface area contributed by atoms with Crippen LogP contribution in [0.4, 0.5) is 0 Å². The molecule has 33 heavy (non-hydrogen) atoms. The lowest BCUT2D eigenvalue weighted by Gasteiger charge is -2.13. The second-order valence-corrected chi connectivity index (χ2v) is 9.21. The van der Waals surface area contributed by atoms with E-state index in [1.165, 1.54) is 5.56 Å². The van der Waals surface area contributed by atoms with Crippen LogP contribution in [0.15, 0.2) is 78.2 Å². The standard InChI is InChI=1S/C26H27N5OS/c1-18(2)16-28-25(32)23-7-5-4-6-21(23)17-33-26-30-29-24(20-12-14-27-15-13-20)31(26)22-10-8-19(3)9-11-22/h4-15,18H,16-17H2,1-3H3,(H,28,32). The Morgan fingerprint density at radius 1 is 1.00 bits per heavy atom. The average molecular weight is 458 g/mol. The zero-order valence-electron chi connectivity index (χ0n) is 19.0. The Kier molecular flexibility index (Phi) is 7.19. The number of hydrogen-bond acceptors (Lipinski definition) is 5. The highest BCUT2D eigenvalue weighted by Gasteiger charge is 2.18. The molecule has 0 aliphatic rings. The molecule has 6 nitrogen and oxygen atoms in total. The molecule has 2 heterocycles. The molecule has 2 aromatic heterocycles. The van der Waals surface area contributed by atoms with Gasteiger partial charge in [0.1, 0.15) is 0 Å². The van der Waals surface area contributed by atoms with E-state index in [9.17, 15) is 4.79 Å². The summed E-state index contributed by atoms with van der Waals surface area (Å²) in [7, 11) is 0. The van der Waals surface area contributed by atoms with Crippen molar-refractivity contribution in [3.8, 4) is 17.1 Å². The number of carbonyl (C=O) groups is 1. The molecule has 0 aliphatic carbocycles. The highest BCUT2D eigenvalue weighted by atomic mass is 32.2. The van der Waals surface area contributed by atoms with Crippen LogP contribution in [0.2, 0.25) is 0 Å². The fraction of sp³-hybridized carbons (Fsp3) is 0.231. The summed E-state index contributed by atoms with van der Waals surface area (Å²) in [6.07, 6.45) is 3.50.